The molecule has 0 aliphatic carbocycles. The molecule has 0 saturated heterocycles. The van der Waals surface area contributed by atoms with Gasteiger partial charge in [0.25, 0.3) is 5.69 Å². The van der Waals surface area contributed by atoms with Gasteiger partial charge in [-0.05, 0) is 12.1 Å². The summed E-state index contributed by atoms with van der Waals surface area (Å²) in [6.07, 6.45) is 4.57. The topological polar surface area (TPSA) is 111 Å². The molecule has 0 fully saturated rings. The summed E-state index contributed by atoms with van der Waals surface area (Å²) in [5, 5.41) is 20.0. The number of anilines is 1. The van der Waals surface area contributed by atoms with Gasteiger partial charge in [0.2, 0.25) is 0 Å². The molecule has 0 saturated carbocycles. The molecule has 2 heterocycles. The SMILES string of the molecule is O=[N+]([O-])c1cccc(/C=N/Nc2ncnc3c2cnn3-c2ccccc2)c1. The standard InChI is InChI=1S/C18H13N7O2/c26-25(27)15-8-4-5-13(9-15)10-21-23-17-16-11-22-24(18(16)20-12-19-17)14-6-2-1-3-7-14/h1-12H,(H,19,20,23)/b21-10+. The van der Waals surface area contributed by atoms with Gasteiger partial charge in [-0.15, -0.1) is 0 Å². The van der Waals surface area contributed by atoms with Crippen LogP contribution in [0.2, 0.25) is 0 Å². The quantitative estimate of drug-likeness (QED) is 0.333. The Kier molecular flexibility index (Phi) is 4.24. The van der Waals surface area contributed by atoms with Crippen LogP contribution in [0, 0.1) is 10.1 Å². The summed E-state index contributed by atoms with van der Waals surface area (Å²) in [6, 6.07) is 15.8. The number of aromatic nitrogens is 4. The average Bonchev–Trinajstić information content (AvgIpc) is 3.14. The predicted octanol–water partition coefficient (Wildman–Crippen LogP) is 3.17. The van der Waals surface area contributed by atoms with Crippen molar-refractivity contribution in [1.82, 2.24) is 19.7 Å². The van der Waals surface area contributed by atoms with Crippen LogP contribution in [0.3, 0.4) is 0 Å². The predicted molar refractivity (Wildman–Crippen MR) is 101 cm³/mol. The summed E-state index contributed by atoms with van der Waals surface area (Å²) in [5.74, 6) is 0.490. The molecule has 2 aromatic carbocycles. The molecule has 0 aliphatic heterocycles. The molecular weight excluding hydrogens is 346 g/mol. The fraction of sp³-hybridized carbons (Fsp3) is 0. The molecule has 9 heteroatoms. The van der Waals surface area contributed by atoms with Crippen molar-refractivity contribution in [3.8, 4) is 5.69 Å². The van der Waals surface area contributed by atoms with Crippen molar-refractivity contribution in [2.45, 2.75) is 0 Å². The molecule has 0 radical (unpaired) electrons. The van der Waals surface area contributed by atoms with Gasteiger partial charge in [-0.25, -0.2) is 14.6 Å². The fourth-order valence-electron chi connectivity index (χ4n) is 2.58. The van der Waals surface area contributed by atoms with Crippen LogP contribution < -0.4 is 5.43 Å². The lowest BCUT2D eigenvalue weighted by molar-refractivity contribution is -0.384. The van der Waals surface area contributed by atoms with E-state index in [9.17, 15) is 10.1 Å². The molecule has 9 nitrogen and oxygen atoms in total. The Morgan fingerprint density at radius 2 is 1.96 bits per heavy atom. The van der Waals surface area contributed by atoms with Crippen molar-refractivity contribution < 1.29 is 4.92 Å². The number of rotatable bonds is 5. The lowest BCUT2D eigenvalue weighted by Crippen LogP contribution is -1.99. The summed E-state index contributed by atoms with van der Waals surface area (Å²) < 4.78 is 1.71. The monoisotopic (exact) mass is 359 g/mol. The van der Waals surface area contributed by atoms with E-state index in [1.165, 1.54) is 24.7 Å². The van der Waals surface area contributed by atoms with E-state index in [1.54, 1.807) is 23.0 Å². The lowest BCUT2D eigenvalue weighted by atomic mass is 10.2. The van der Waals surface area contributed by atoms with Crippen LogP contribution in [0.1, 0.15) is 5.56 Å². The highest BCUT2D eigenvalue weighted by atomic mass is 16.6. The van der Waals surface area contributed by atoms with E-state index in [2.05, 4.69) is 25.6 Å². The van der Waals surface area contributed by atoms with E-state index in [4.69, 9.17) is 0 Å². The van der Waals surface area contributed by atoms with Gasteiger partial charge in [0.1, 0.15) is 6.33 Å². The molecule has 0 unspecified atom stereocenters. The van der Waals surface area contributed by atoms with E-state index in [0.717, 1.165) is 5.69 Å². The molecule has 4 aromatic rings. The van der Waals surface area contributed by atoms with Crippen LogP contribution in [0.5, 0.6) is 0 Å². The molecule has 1 N–H and O–H groups in total. The maximum atomic E-state index is 10.8. The Bertz CT molecular complexity index is 1140. The highest BCUT2D eigenvalue weighted by molar-refractivity contribution is 5.88. The number of hydrazone groups is 1. The van der Waals surface area contributed by atoms with Crippen LogP contribution >= 0.6 is 0 Å². The average molecular weight is 359 g/mol. The van der Waals surface area contributed by atoms with Crippen molar-refractivity contribution in [2.75, 3.05) is 5.43 Å². The van der Waals surface area contributed by atoms with Gasteiger partial charge in [0.15, 0.2) is 11.5 Å². The van der Waals surface area contributed by atoms with Crippen molar-refractivity contribution >= 4 is 28.8 Å². The molecule has 132 valence electrons. The lowest BCUT2D eigenvalue weighted by Gasteiger charge is -2.03. The van der Waals surface area contributed by atoms with Crippen molar-refractivity contribution in [3.05, 3.63) is 82.8 Å². The maximum absolute atomic E-state index is 10.8. The van der Waals surface area contributed by atoms with Crippen LogP contribution in [0.25, 0.3) is 16.7 Å². The number of hydrogen-bond donors (Lipinski definition) is 1. The summed E-state index contributed by atoms with van der Waals surface area (Å²) in [6.45, 7) is 0. The molecule has 4 rings (SSSR count). The van der Waals surface area contributed by atoms with Gasteiger partial charge >= 0.3 is 0 Å². The smallest absolute Gasteiger partial charge is 0.261 e. The highest BCUT2D eigenvalue weighted by Crippen LogP contribution is 2.21. The van der Waals surface area contributed by atoms with Gasteiger partial charge in [-0.3, -0.25) is 15.5 Å². The Morgan fingerprint density at radius 3 is 2.78 bits per heavy atom. The molecular formula is C18H13N7O2. The maximum Gasteiger partial charge on any atom is 0.270 e. The zero-order valence-corrected chi connectivity index (χ0v) is 13.9. The third kappa shape index (κ3) is 3.33. The van der Waals surface area contributed by atoms with Gasteiger partial charge in [-0.1, -0.05) is 30.3 Å². The van der Waals surface area contributed by atoms with Gasteiger partial charge < -0.3 is 0 Å². The first-order valence-corrected chi connectivity index (χ1v) is 8.00. The fourth-order valence-corrected chi connectivity index (χ4v) is 2.58. The van der Waals surface area contributed by atoms with Crippen molar-refractivity contribution in [3.63, 3.8) is 0 Å². The largest absolute Gasteiger partial charge is 0.270 e. The number of non-ortho nitro benzene ring substituents is 1. The summed E-state index contributed by atoms with van der Waals surface area (Å²) in [5.41, 5.74) is 4.98. The van der Waals surface area contributed by atoms with E-state index in [-0.39, 0.29) is 5.69 Å². The van der Waals surface area contributed by atoms with Gasteiger partial charge in [-0.2, -0.15) is 10.2 Å². The van der Waals surface area contributed by atoms with Crippen LogP contribution in [0.4, 0.5) is 11.5 Å². The first-order valence-electron chi connectivity index (χ1n) is 8.00. The third-order valence-corrected chi connectivity index (χ3v) is 3.83. The van der Waals surface area contributed by atoms with E-state index in [1.807, 2.05) is 30.3 Å². The number of para-hydroxylation sites is 1. The molecule has 0 amide bonds. The Hall–Kier alpha value is -4.14. The summed E-state index contributed by atoms with van der Waals surface area (Å²) >= 11 is 0. The second-order valence-corrected chi connectivity index (χ2v) is 5.57. The second kappa shape index (κ2) is 7.00. The van der Waals surface area contributed by atoms with Gasteiger partial charge in [0, 0.05) is 17.7 Å². The minimum atomic E-state index is -0.448. The number of nitrogens with one attached hydrogen (secondary N) is 1. The molecule has 0 aliphatic rings. The van der Waals surface area contributed by atoms with Crippen molar-refractivity contribution in [1.29, 1.82) is 0 Å². The molecule has 0 bridgehead atoms. The third-order valence-electron chi connectivity index (χ3n) is 3.83. The molecule has 27 heavy (non-hydrogen) atoms. The molecule has 2 aromatic heterocycles. The Labute approximate surface area is 153 Å². The van der Waals surface area contributed by atoms with E-state index >= 15 is 0 Å². The first-order chi connectivity index (χ1) is 13.2. The van der Waals surface area contributed by atoms with Crippen LogP contribution in [-0.2, 0) is 0 Å². The molecule has 0 atom stereocenters. The minimum Gasteiger partial charge on any atom is -0.261 e. The van der Waals surface area contributed by atoms with Crippen LogP contribution in [0.15, 0.2) is 72.2 Å². The van der Waals surface area contributed by atoms with E-state index in [0.29, 0.717) is 22.4 Å². The Morgan fingerprint density at radius 1 is 1.11 bits per heavy atom. The summed E-state index contributed by atoms with van der Waals surface area (Å²) in [4.78, 5) is 18.9. The van der Waals surface area contributed by atoms with Gasteiger partial charge in [0.05, 0.1) is 28.4 Å². The van der Waals surface area contributed by atoms with E-state index < -0.39 is 4.92 Å². The first kappa shape index (κ1) is 16.3. The van der Waals surface area contributed by atoms with Crippen molar-refractivity contribution in [2.24, 2.45) is 5.10 Å². The number of fused-ring (bicyclic) bond motifs is 1. The zero-order valence-electron chi connectivity index (χ0n) is 13.9. The summed E-state index contributed by atoms with van der Waals surface area (Å²) in [7, 11) is 0. The number of benzene rings is 2. The normalized spacial score (nSPS) is 11.1. The molecule has 0 spiro atoms. The zero-order chi connectivity index (χ0) is 18.6. The highest BCUT2D eigenvalue weighted by Gasteiger charge is 2.10. The number of nitrogens with zero attached hydrogens (tertiary/aromatic N) is 6. The Balaban J connectivity index is 1.61. The number of hydrogen-bond acceptors (Lipinski definition) is 7. The number of nitro benzene ring substituents is 1. The minimum absolute atomic E-state index is 0.00696. The second-order valence-electron chi connectivity index (χ2n) is 5.57. The number of nitro groups is 1. The van der Waals surface area contributed by atoms with Crippen LogP contribution in [-0.4, -0.2) is 30.9 Å².